The third kappa shape index (κ3) is 4.33. The van der Waals surface area contributed by atoms with Crippen molar-refractivity contribution in [1.82, 2.24) is 10.2 Å². The number of rotatable bonds is 6. The van der Waals surface area contributed by atoms with Gasteiger partial charge in [-0.05, 0) is 29.8 Å². The molecule has 0 atom stereocenters. The van der Waals surface area contributed by atoms with E-state index in [1.165, 1.54) is 12.2 Å². The largest absolute Gasteiger partial charge is 0.486 e. The van der Waals surface area contributed by atoms with Crippen molar-refractivity contribution in [3.63, 3.8) is 0 Å². The zero-order valence-electron chi connectivity index (χ0n) is 14.5. The van der Waals surface area contributed by atoms with Crippen LogP contribution < -0.4 is 10.1 Å². The molecule has 0 bridgehead atoms. The van der Waals surface area contributed by atoms with Crippen molar-refractivity contribution in [3.05, 3.63) is 80.9 Å². The molecule has 5 nitrogen and oxygen atoms in total. The highest BCUT2D eigenvalue weighted by atomic mass is 35.5. The molecule has 8 heteroatoms. The Hall–Kier alpha value is -2.47. The Morgan fingerprint density at radius 2 is 1.75 bits per heavy atom. The summed E-state index contributed by atoms with van der Waals surface area (Å²) in [5.41, 5.74) is 1.47. The lowest BCUT2D eigenvalue weighted by Gasteiger charge is -2.12. The highest BCUT2D eigenvalue weighted by molar-refractivity contribution is 6.37. The lowest BCUT2D eigenvalue weighted by molar-refractivity contribution is -0.122. The molecule has 3 rings (SSSR count). The number of carbonyl (C=O) groups is 2. The Morgan fingerprint density at radius 1 is 1.07 bits per heavy atom. The van der Waals surface area contributed by atoms with Gasteiger partial charge < -0.3 is 10.1 Å². The van der Waals surface area contributed by atoms with Crippen LogP contribution in [0.25, 0.3) is 6.08 Å². The lowest BCUT2D eigenvalue weighted by Crippen LogP contribution is -2.30. The maximum atomic E-state index is 12.3. The first-order valence-corrected chi connectivity index (χ1v) is 9.34. The average molecular weight is 438 g/mol. The molecule has 1 saturated heterocycles. The number of urea groups is 1. The minimum absolute atomic E-state index is 0.123. The van der Waals surface area contributed by atoms with E-state index in [4.69, 9.17) is 39.5 Å². The minimum Gasteiger partial charge on any atom is -0.486 e. The number of imide groups is 1. The van der Waals surface area contributed by atoms with Crippen molar-refractivity contribution in [2.24, 2.45) is 0 Å². The first kappa shape index (κ1) is 20.3. The molecule has 1 aliphatic heterocycles. The number of nitrogens with zero attached hydrogens (tertiary/aromatic N) is 1. The molecular weight excluding hydrogens is 423 g/mol. The second kappa shape index (κ2) is 8.69. The van der Waals surface area contributed by atoms with Gasteiger partial charge in [0.15, 0.2) is 5.75 Å². The molecule has 2 aromatic carbocycles. The van der Waals surface area contributed by atoms with Crippen molar-refractivity contribution < 1.29 is 14.3 Å². The third-order valence-corrected chi connectivity index (χ3v) is 4.87. The van der Waals surface area contributed by atoms with Gasteiger partial charge in [0.05, 0.1) is 10.0 Å². The first-order chi connectivity index (χ1) is 13.4. The van der Waals surface area contributed by atoms with E-state index in [1.54, 1.807) is 18.2 Å². The van der Waals surface area contributed by atoms with E-state index in [-0.39, 0.29) is 28.9 Å². The zero-order valence-corrected chi connectivity index (χ0v) is 16.8. The fourth-order valence-electron chi connectivity index (χ4n) is 2.60. The fourth-order valence-corrected chi connectivity index (χ4v) is 3.40. The minimum atomic E-state index is -0.506. The monoisotopic (exact) mass is 436 g/mol. The Balaban J connectivity index is 1.80. The second-order valence-corrected chi connectivity index (χ2v) is 7.11. The van der Waals surface area contributed by atoms with Crippen LogP contribution in [0.3, 0.4) is 0 Å². The van der Waals surface area contributed by atoms with Gasteiger partial charge in [-0.15, -0.1) is 6.58 Å². The molecule has 1 N–H and O–H groups in total. The maximum Gasteiger partial charge on any atom is 0.329 e. The normalized spacial score (nSPS) is 15.1. The van der Waals surface area contributed by atoms with Crippen LogP contribution >= 0.6 is 34.8 Å². The average Bonchev–Trinajstić information content (AvgIpc) is 2.90. The highest BCUT2D eigenvalue weighted by Crippen LogP contribution is 2.36. The molecule has 1 aliphatic rings. The zero-order chi connectivity index (χ0) is 20.3. The summed E-state index contributed by atoms with van der Waals surface area (Å²) in [5, 5.41) is 3.63. The summed E-state index contributed by atoms with van der Waals surface area (Å²) in [6, 6.07) is 9.97. The molecule has 0 unspecified atom stereocenters. The van der Waals surface area contributed by atoms with Crippen LogP contribution in [0.1, 0.15) is 11.1 Å². The molecule has 1 heterocycles. The maximum absolute atomic E-state index is 12.3. The van der Waals surface area contributed by atoms with E-state index >= 15 is 0 Å². The van der Waals surface area contributed by atoms with Gasteiger partial charge in [0.1, 0.15) is 12.3 Å². The Kier molecular flexibility index (Phi) is 6.29. The summed E-state index contributed by atoms with van der Waals surface area (Å²) >= 11 is 18.7. The Morgan fingerprint density at radius 3 is 2.39 bits per heavy atom. The lowest BCUT2D eigenvalue weighted by atomic mass is 10.1. The molecule has 0 spiro atoms. The van der Waals surface area contributed by atoms with Gasteiger partial charge >= 0.3 is 6.03 Å². The van der Waals surface area contributed by atoms with Crippen LogP contribution in [0, 0.1) is 0 Å². The SMILES string of the molecule is C=CCN1C(=O)N/C(=C/c2cc(Cl)c(OCc3ccccc3Cl)c(Cl)c2)C1=O. The summed E-state index contributed by atoms with van der Waals surface area (Å²) in [5.74, 6) is -0.142. The van der Waals surface area contributed by atoms with Gasteiger partial charge in [-0.2, -0.15) is 0 Å². The van der Waals surface area contributed by atoms with Crippen LogP contribution in [0.5, 0.6) is 5.75 Å². The van der Waals surface area contributed by atoms with Crippen LogP contribution in [-0.2, 0) is 11.4 Å². The second-order valence-electron chi connectivity index (χ2n) is 5.89. The van der Waals surface area contributed by atoms with E-state index in [1.807, 2.05) is 18.2 Å². The summed E-state index contributed by atoms with van der Waals surface area (Å²) in [6.45, 7) is 3.85. The molecule has 0 radical (unpaired) electrons. The van der Waals surface area contributed by atoms with Crippen LogP contribution in [0.2, 0.25) is 15.1 Å². The van der Waals surface area contributed by atoms with Crippen molar-refractivity contribution >= 4 is 52.8 Å². The van der Waals surface area contributed by atoms with E-state index in [0.29, 0.717) is 16.3 Å². The number of carbonyl (C=O) groups excluding carboxylic acids is 2. The number of halogens is 3. The van der Waals surface area contributed by atoms with Crippen molar-refractivity contribution in [1.29, 1.82) is 0 Å². The van der Waals surface area contributed by atoms with Gasteiger partial charge in [-0.3, -0.25) is 9.69 Å². The smallest absolute Gasteiger partial charge is 0.329 e. The fraction of sp³-hybridized carbons (Fsp3) is 0.100. The van der Waals surface area contributed by atoms with Gasteiger partial charge in [-0.1, -0.05) is 59.1 Å². The van der Waals surface area contributed by atoms with E-state index in [0.717, 1.165) is 10.5 Å². The van der Waals surface area contributed by atoms with Crippen LogP contribution in [0.4, 0.5) is 4.79 Å². The molecule has 3 amide bonds. The van der Waals surface area contributed by atoms with Gasteiger partial charge in [0, 0.05) is 17.1 Å². The first-order valence-electron chi connectivity index (χ1n) is 8.21. The quantitative estimate of drug-likeness (QED) is 0.379. The summed E-state index contributed by atoms with van der Waals surface area (Å²) in [4.78, 5) is 25.1. The topological polar surface area (TPSA) is 58.6 Å². The molecule has 0 saturated carbocycles. The Bertz CT molecular complexity index is 965. The number of hydrogen-bond acceptors (Lipinski definition) is 3. The summed E-state index contributed by atoms with van der Waals surface area (Å²) in [7, 11) is 0. The van der Waals surface area contributed by atoms with Crippen LogP contribution in [-0.4, -0.2) is 23.4 Å². The van der Waals surface area contributed by atoms with E-state index in [2.05, 4.69) is 11.9 Å². The number of nitrogens with one attached hydrogen (secondary N) is 1. The molecule has 144 valence electrons. The van der Waals surface area contributed by atoms with Crippen molar-refractivity contribution in [2.75, 3.05) is 6.54 Å². The summed E-state index contributed by atoms with van der Waals surface area (Å²) in [6.07, 6.45) is 2.97. The van der Waals surface area contributed by atoms with Gasteiger partial charge in [0.25, 0.3) is 5.91 Å². The summed E-state index contributed by atoms with van der Waals surface area (Å²) < 4.78 is 5.72. The molecule has 0 aromatic heterocycles. The van der Waals surface area contributed by atoms with E-state index < -0.39 is 11.9 Å². The molecule has 2 aromatic rings. The van der Waals surface area contributed by atoms with Crippen molar-refractivity contribution in [3.8, 4) is 5.75 Å². The number of benzene rings is 2. The third-order valence-electron chi connectivity index (χ3n) is 3.94. The van der Waals surface area contributed by atoms with Gasteiger partial charge in [0.2, 0.25) is 0 Å². The predicted molar refractivity (Wildman–Crippen MR) is 111 cm³/mol. The van der Waals surface area contributed by atoms with Gasteiger partial charge in [-0.25, -0.2) is 4.79 Å². The molecule has 1 fully saturated rings. The molecular formula is C20H15Cl3N2O3. The molecule has 28 heavy (non-hydrogen) atoms. The van der Waals surface area contributed by atoms with Crippen molar-refractivity contribution in [2.45, 2.75) is 6.61 Å². The van der Waals surface area contributed by atoms with Crippen LogP contribution in [0.15, 0.2) is 54.8 Å². The predicted octanol–water partition coefficient (Wildman–Crippen LogP) is 5.30. The standard InChI is InChI=1S/C20H15Cl3N2O3/c1-2-7-25-19(26)17(24-20(25)27)10-12-8-15(22)18(16(23)9-12)28-11-13-5-3-4-6-14(13)21/h2-6,8-10H,1,7,11H2,(H,24,27)/b17-10+. The number of hydrogen-bond donors (Lipinski definition) is 1. The number of amides is 3. The highest BCUT2D eigenvalue weighted by Gasteiger charge is 2.32. The Labute approximate surface area is 177 Å². The molecule has 0 aliphatic carbocycles. The van der Waals surface area contributed by atoms with E-state index in [9.17, 15) is 9.59 Å². The number of ether oxygens (including phenoxy) is 1.